The van der Waals surface area contributed by atoms with E-state index in [4.69, 9.17) is 4.74 Å². The zero-order valence-electron chi connectivity index (χ0n) is 15.0. The SMILES string of the molecule is COCCNCCNC(=O)C(C(C)C)S(=O)(=O)C1CCCCC1.Cl. The number of amides is 1. The van der Waals surface area contributed by atoms with E-state index in [9.17, 15) is 13.2 Å². The molecule has 0 radical (unpaired) electrons. The maximum atomic E-state index is 12.8. The number of hydrogen-bond donors (Lipinski definition) is 2. The van der Waals surface area contributed by atoms with Gasteiger partial charge >= 0.3 is 0 Å². The van der Waals surface area contributed by atoms with Crippen molar-refractivity contribution < 1.29 is 17.9 Å². The largest absolute Gasteiger partial charge is 0.383 e. The monoisotopic (exact) mass is 384 g/mol. The number of nitrogens with one attached hydrogen (secondary N) is 2. The standard InChI is InChI=1S/C16H32N2O4S.ClH/c1-13(2)15(16(19)18-10-9-17-11-12-22-3)23(20,21)14-7-5-4-6-8-14;/h13-15,17H,4-12H2,1-3H3,(H,18,19);1H. The van der Waals surface area contributed by atoms with Crippen LogP contribution in [0.25, 0.3) is 0 Å². The summed E-state index contributed by atoms with van der Waals surface area (Å²) in [5.41, 5.74) is 0. The molecule has 1 rings (SSSR count). The Labute approximate surface area is 152 Å². The molecule has 1 fully saturated rings. The van der Waals surface area contributed by atoms with Gasteiger partial charge in [-0.3, -0.25) is 4.79 Å². The quantitative estimate of drug-likeness (QED) is 0.558. The third kappa shape index (κ3) is 7.25. The Bertz CT molecular complexity index is 451. The minimum atomic E-state index is -3.43. The first-order valence-electron chi connectivity index (χ1n) is 8.61. The Morgan fingerprint density at radius 1 is 1.12 bits per heavy atom. The lowest BCUT2D eigenvalue weighted by Crippen LogP contribution is -2.48. The topological polar surface area (TPSA) is 84.5 Å². The Kier molecular flexibility index (Phi) is 11.9. The summed E-state index contributed by atoms with van der Waals surface area (Å²) in [7, 11) is -1.79. The molecule has 1 saturated carbocycles. The molecule has 1 atom stereocenters. The normalized spacial score (nSPS) is 17.3. The van der Waals surface area contributed by atoms with Crippen molar-refractivity contribution in [3.8, 4) is 0 Å². The molecule has 1 unspecified atom stereocenters. The van der Waals surface area contributed by atoms with E-state index in [0.717, 1.165) is 19.3 Å². The molecule has 0 spiro atoms. The van der Waals surface area contributed by atoms with Crippen LogP contribution in [0.5, 0.6) is 0 Å². The number of hydrogen-bond acceptors (Lipinski definition) is 5. The Morgan fingerprint density at radius 3 is 2.29 bits per heavy atom. The summed E-state index contributed by atoms with van der Waals surface area (Å²) in [6.07, 6.45) is 4.37. The maximum Gasteiger partial charge on any atom is 0.238 e. The second-order valence-corrected chi connectivity index (χ2v) is 8.90. The molecule has 24 heavy (non-hydrogen) atoms. The van der Waals surface area contributed by atoms with E-state index in [2.05, 4.69) is 10.6 Å². The van der Waals surface area contributed by atoms with Crippen LogP contribution < -0.4 is 10.6 Å². The number of methoxy groups -OCH3 is 1. The first-order valence-corrected chi connectivity index (χ1v) is 10.2. The van der Waals surface area contributed by atoms with Crippen LogP contribution in [0.2, 0.25) is 0 Å². The summed E-state index contributed by atoms with van der Waals surface area (Å²) < 4.78 is 30.6. The second kappa shape index (κ2) is 12.1. The third-order valence-electron chi connectivity index (χ3n) is 4.32. The highest BCUT2D eigenvalue weighted by molar-refractivity contribution is 7.93. The van der Waals surface area contributed by atoms with E-state index >= 15 is 0 Å². The van der Waals surface area contributed by atoms with Crippen molar-refractivity contribution >= 4 is 28.2 Å². The van der Waals surface area contributed by atoms with E-state index in [1.54, 1.807) is 7.11 Å². The Balaban J connectivity index is 0.00000529. The fourth-order valence-electron chi connectivity index (χ4n) is 3.11. The summed E-state index contributed by atoms with van der Waals surface area (Å²) in [5.74, 6) is -0.581. The van der Waals surface area contributed by atoms with Gasteiger partial charge in [-0.15, -0.1) is 12.4 Å². The average molecular weight is 385 g/mol. The molecule has 2 N–H and O–H groups in total. The lowest BCUT2D eigenvalue weighted by Gasteiger charge is -2.28. The molecule has 0 aromatic rings. The van der Waals surface area contributed by atoms with Crippen molar-refractivity contribution in [1.29, 1.82) is 0 Å². The minimum Gasteiger partial charge on any atom is -0.383 e. The van der Waals surface area contributed by atoms with Gasteiger partial charge in [0.1, 0.15) is 5.25 Å². The van der Waals surface area contributed by atoms with Crippen LogP contribution in [0.15, 0.2) is 0 Å². The van der Waals surface area contributed by atoms with Crippen molar-refractivity contribution in [3.05, 3.63) is 0 Å². The Hall–Kier alpha value is -0.370. The maximum absolute atomic E-state index is 12.8. The van der Waals surface area contributed by atoms with Crippen LogP contribution in [0.4, 0.5) is 0 Å². The summed E-state index contributed by atoms with van der Waals surface area (Å²) in [6.45, 7) is 5.96. The molecular weight excluding hydrogens is 352 g/mol. The molecule has 0 heterocycles. The summed E-state index contributed by atoms with van der Waals surface area (Å²) in [6, 6.07) is 0. The molecule has 1 aliphatic carbocycles. The highest BCUT2D eigenvalue weighted by Crippen LogP contribution is 2.28. The van der Waals surface area contributed by atoms with Crippen LogP contribution in [-0.2, 0) is 19.4 Å². The van der Waals surface area contributed by atoms with Gasteiger partial charge in [-0.25, -0.2) is 8.42 Å². The molecule has 0 bridgehead atoms. The fourth-order valence-corrected chi connectivity index (χ4v) is 5.65. The fraction of sp³-hybridized carbons (Fsp3) is 0.938. The first kappa shape index (κ1) is 23.6. The predicted octanol–water partition coefficient (Wildman–Crippen LogP) is 1.53. The average Bonchev–Trinajstić information content (AvgIpc) is 2.51. The summed E-state index contributed by atoms with van der Waals surface area (Å²) >= 11 is 0. The summed E-state index contributed by atoms with van der Waals surface area (Å²) in [5, 5.41) is 4.59. The van der Waals surface area contributed by atoms with Crippen LogP contribution >= 0.6 is 12.4 Å². The van der Waals surface area contributed by atoms with Crippen molar-refractivity contribution in [2.24, 2.45) is 5.92 Å². The summed E-state index contributed by atoms with van der Waals surface area (Å²) in [4.78, 5) is 12.4. The lowest BCUT2D eigenvalue weighted by atomic mass is 10.0. The number of carbonyl (C=O) groups excluding carboxylic acids is 1. The molecular formula is C16H33ClN2O4S. The number of carbonyl (C=O) groups is 1. The molecule has 0 aromatic heterocycles. The van der Waals surface area contributed by atoms with Gasteiger partial charge in [0, 0.05) is 26.7 Å². The number of halogens is 1. The van der Waals surface area contributed by atoms with Gasteiger partial charge in [0.25, 0.3) is 0 Å². The van der Waals surface area contributed by atoms with E-state index in [1.807, 2.05) is 13.8 Å². The smallest absolute Gasteiger partial charge is 0.238 e. The van der Waals surface area contributed by atoms with E-state index in [1.165, 1.54) is 0 Å². The van der Waals surface area contributed by atoms with Crippen LogP contribution in [0, 0.1) is 5.92 Å². The van der Waals surface area contributed by atoms with Crippen LogP contribution in [-0.4, -0.2) is 58.2 Å². The highest BCUT2D eigenvalue weighted by atomic mass is 35.5. The highest BCUT2D eigenvalue weighted by Gasteiger charge is 2.40. The Morgan fingerprint density at radius 2 is 1.75 bits per heavy atom. The van der Waals surface area contributed by atoms with E-state index < -0.39 is 15.1 Å². The zero-order chi connectivity index (χ0) is 17.3. The molecule has 0 saturated heterocycles. The van der Waals surface area contributed by atoms with Gasteiger partial charge in [0.05, 0.1) is 11.9 Å². The molecule has 0 aliphatic heterocycles. The van der Waals surface area contributed by atoms with Crippen molar-refractivity contribution in [2.75, 3.05) is 33.4 Å². The van der Waals surface area contributed by atoms with Gasteiger partial charge in [-0.05, 0) is 18.8 Å². The first-order chi connectivity index (χ1) is 10.9. The van der Waals surface area contributed by atoms with Crippen LogP contribution in [0.1, 0.15) is 46.0 Å². The van der Waals surface area contributed by atoms with Crippen molar-refractivity contribution in [1.82, 2.24) is 10.6 Å². The van der Waals surface area contributed by atoms with Gasteiger partial charge in [-0.1, -0.05) is 33.1 Å². The number of sulfone groups is 1. The number of rotatable bonds is 10. The number of ether oxygens (including phenoxy) is 1. The van der Waals surface area contributed by atoms with Gasteiger partial charge < -0.3 is 15.4 Å². The van der Waals surface area contributed by atoms with Gasteiger partial charge in [-0.2, -0.15) is 0 Å². The molecule has 1 amide bonds. The van der Waals surface area contributed by atoms with Gasteiger partial charge in [0.15, 0.2) is 9.84 Å². The molecule has 0 aromatic carbocycles. The van der Waals surface area contributed by atoms with Crippen LogP contribution in [0.3, 0.4) is 0 Å². The molecule has 6 nitrogen and oxygen atoms in total. The van der Waals surface area contributed by atoms with Gasteiger partial charge in [0.2, 0.25) is 5.91 Å². The molecule has 144 valence electrons. The minimum absolute atomic E-state index is 0. The molecule has 1 aliphatic rings. The third-order valence-corrected chi connectivity index (χ3v) is 7.19. The predicted molar refractivity (Wildman–Crippen MR) is 99.4 cm³/mol. The van der Waals surface area contributed by atoms with E-state index in [0.29, 0.717) is 39.1 Å². The second-order valence-electron chi connectivity index (χ2n) is 6.55. The zero-order valence-corrected chi connectivity index (χ0v) is 16.7. The van der Waals surface area contributed by atoms with E-state index in [-0.39, 0.29) is 29.5 Å². The van der Waals surface area contributed by atoms with Crippen molar-refractivity contribution in [2.45, 2.75) is 56.5 Å². The molecule has 8 heteroatoms. The lowest BCUT2D eigenvalue weighted by molar-refractivity contribution is -0.121. The van der Waals surface area contributed by atoms with Crippen molar-refractivity contribution in [3.63, 3.8) is 0 Å².